The van der Waals surface area contributed by atoms with Crippen molar-refractivity contribution in [1.29, 1.82) is 0 Å². The Kier molecular flexibility index (Phi) is 7.47. The second-order valence-electron chi connectivity index (χ2n) is 7.37. The summed E-state index contributed by atoms with van der Waals surface area (Å²) in [6.07, 6.45) is 0.706. The van der Waals surface area contributed by atoms with Gasteiger partial charge in [0.15, 0.2) is 0 Å². The number of nitrogens with zero attached hydrogens (tertiary/aromatic N) is 3. The SMILES string of the molecule is CC/C(=C(\c1ccc(O)cc1)c1ccc(OS(=O)(=O)O)cc1)c1ccc(N=NN(C)C)cc1. The average molecular weight is 468 g/mol. The van der Waals surface area contributed by atoms with Crippen LogP contribution in [0.3, 0.4) is 0 Å². The van der Waals surface area contributed by atoms with E-state index in [0.29, 0.717) is 6.42 Å². The van der Waals surface area contributed by atoms with Crippen LogP contribution in [0.4, 0.5) is 5.69 Å². The summed E-state index contributed by atoms with van der Waals surface area (Å²) >= 11 is 0. The van der Waals surface area contributed by atoms with Gasteiger partial charge in [-0.3, -0.25) is 9.56 Å². The standard InChI is InChI=1S/C24H25N3O5S/c1-4-23(17-5-11-20(12-6-17)25-26-27(2)3)24(18-7-13-21(28)14-8-18)19-9-15-22(16-10-19)32-33(29,30)31/h5-16,28H,4H2,1-3H3,(H,29,30,31)/b24-23-,26-25?. The molecule has 8 nitrogen and oxygen atoms in total. The van der Waals surface area contributed by atoms with Crippen LogP contribution in [0.25, 0.3) is 11.1 Å². The van der Waals surface area contributed by atoms with Gasteiger partial charge in [-0.1, -0.05) is 48.5 Å². The Labute approximate surface area is 193 Å². The average Bonchev–Trinajstić information content (AvgIpc) is 2.77. The lowest BCUT2D eigenvalue weighted by Gasteiger charge is -2.17. The molecule has 33 heavy (non-hydrogen) atoms. The van der Waals surface area contributed by atoms with Crippen LogP contribution in [-0.2, 0) is 10.4 Å². The molecule has 0 unspecified atom stereocenters. The summed E-state index contributed by atoms with van der Waals surface area (Å²) in [6.45, 7) is 2.05. The van der Waals surface area contributed by atoms with Crippen molar-refractivity contribution in [2.75, 3.05) is 14.1 Å². The van der Waals surface area contributed by atoms with Crippen molar-refractivity contribution in [2.24, 2.45) is 10.3 Å². The topological polar surface area (TPSA) is 112 Å². The Balaban J connectivity index is 2.11. The van der Waals surface area contributed by atoms with Gasteiger partial charge in [-0.15, -0.1) is 5.11 Å². The van der Waals surface area contributed by atoms with Gasteiger partial charge in [-0.05, 0) is 70.7 Å². The van der Waals surface area contributed by atoms with Crippen molar-refractivity contribution in [3.63, 3.8) is 0 Å². The molecule has 0 spiro atoms. The third-order valence-corrected chi connectivity index (χ3v) is 5.11. The fourth-order valence-electron chi connectivity index (χ4n) is 3.34. The van der Waals surface area contributed by atoms with E-state index in [-0.39, 0.29) is 11.5 Å². The maximum Gasteiger partial charge on any atom is 0.446 e. The van der Waals surface area contributed by atoms with Gasteiger partial charge >= 0.3 is 10.4 Å². The van der Waals surface area contributed by atoms with E-state index >= 15 is 0 Å². The quantitative estimate of drug-likeness (QED) is 0.196. The molecule has 0 fully saturated rings. The van der Waals surface area contributed by atoms with Crippen molar-refractivity contribution in [3.8, 4) is 11.5 Å². The van der Waals surface area contributed by atoms with E-state index in [4.69, 9.17) is 4.55 Å². The highest BCUT2D eigenvalue weighted by Gasteiger charge is 2.14. The van der Waals surface area contributed by atoms with Crippen molar-refractivity contribution < 1.29 is 22.3 Å². The van der Waals surface area contributed by atoms with Crippen LogP contribution in [0.2, 0.25) is 0 Å². The third kappa shape index (κ3) is 6.64. The minimum Gasteiger partial charge on any atom is -0.508 e. The second kappa shape index (κ2) is 10.3. The minimum atomic E-state index is -4.60. The van der Waals surface area contributed by atoms with Gasteiger partial charge in [-0.25, -0.2) is 0 Å². The van der Waals surface area contributed by atoms with Crippen LogP contribution < -0.4 is 4.18 Å². The summed E-state index contributed by atoms with van der Waals surface area (Å²) in [4.78, 5) is 0. The summed E-state index contributed by atoms with van der Waals surface area (Å²) in [7, 11) is -1.01. The fourth-order valence-corrected chi connectivity index (χ4v) is 3.69. The van der Waals surface area contributed by atoms with Crippen LogP contribution in [0, 0.1) is 0 Å². The highest BCUT2D eigenvalue weighted by molar-refractivity contribution is 7.81. The van der Waals surface area contributed by atoms with Gasteiger partial charge in [0.2, 0.25) is 0 Å². The first-order valence-electron chi connectivity index (χ1n) is 10.2. The largest absolute Gasteiger partial charge is 0.508 e. The molecule has 0 radical (unpaired) electrons. The van der Waals surface area contributed by atoms with E-state index < -0.39 is 10.4 Å². The van der Waals surface area contributed by atoms with Crippen molar-refractivity contribution >= 4 is 27.2 Å². The zero-order valence-corrected chi connectivity index (χ0v) is 19.3. The molecule has 3 aromatic carbocycles. The molecular weight excluding hydrogens is 442 g/mol. The van der Waals surface area contributed by atoms with E-state index in [0.717, 1.165) is 33.5 Å². The summed E-state index contributed by atoms with van der Waals surface area (Å²) in [5, 5.41) is 19.5. The van der Waals surface area contributed by atoms with Crippen LogP contribution in [0.1, 0.15) is 30.0 Å². The molecule has 0 atom stereocenters. The number of benzene rings is 3. The Hall–Kier alpha value is -3.69. The van der Waals surface area contributed by atoms with Crippen molar-refractivity contribution in [1.82, 2.24) is 5.01 Å². The second-order valence-corrected chi connectivity index (χ2v) is 8.40. The monoisotopic (exact) mass is 467 g/mol. The molecule has 0 bridgehead atoms. The normalized spacial score (nSPS) is 12.5. The molecule has 0 aliphatic rings. The molecule has 9 heteroatoms. The molecule has 0 heterocycles. The summed E-state index contributed by atoms with van der Waals surface area (Å²) in [5.74, 6) is 0.156. The number of hydrogen-bond donors (Lipinski definition) is 2. The Morgan fingerprint density at radius 3 is 1.88 bits per heavy atom. The molecular formula is C24H25N3O5S. The maximum absolute atomic E-state index is 11.0. The van der Waals surface area contributed by atoms with Gasteiger partial charge in [0.1, 0.15) is 11.5 Å². The molecule has 2 N–H and O–H groups in total. The zero-order chi connectivity index (χ0) is 24.0. The minimum absolute atomic E-state index is 0.0000359. The van der Waals surface area contributed by atoms with Crippen LogP contribution in [0.5, 0.6) is 11.5 Å². The lowest BCUT2D eigenvalue weighted by Crippen LogP contribution is -2.06. The van der Waals surface area contributed by atoms with Gasteiger partial charge < -0.3 is 9.29 Å². The number of phenolic OH excluding ortho intramolecular Hbond substituents is 1. The van der Waals surface area contributed by atoms with Crippen molar-refractivity contribution in [3.05, 3.63) is 89.5 Å². The number of phenols is 1. The first-order valence-corrected chi connectivity index (χ1v) is 11.5. The van der Waals surface area contributed by atoms with Crippen LogP contribution >= 0.6 is 0 Å². The van der Waals surface area contributed by atoms with Gasteiger partial charge in [0.25, 0.3) is 0 Å². The molecule has 0 aliphatic heterocycles. The molecule has 3 aromatic rings. The Morgan fingerprint density at radius 1 is 0.879 bits per heavy atom. The smallest absolute Gasteiger partial charge is 0.446 e. The lowest BCUT2D eigenvalue weighted by atomic mass is 9.88. The van der Waals surface area contributed by atoms with E-state index in [1.165, 1.54) is 12.1 Å². The highest BCUT2D eigenvalue weighted by Crippen LogP contribution is 2.36. The van der Waals surface area contributed by atoms with Crippen LogP contribution in [0.15, 0.2) is 83.1 Å². The van der Waals surface area contributed by atoms with E-state index in [1.54, 1.807) is 43.4 Å². The summed E-state index contributed by atoms with van der Waals surface area (Å²) < 4.78 is 35.5. The summed E-state index contributed by atoms with van der Waals surface area (Å²) in [5.41, 5.74) is 5.36. The van der Waals surface area contributed by atoms with E-state index in [9.17, 15) is 13.5 Å². The number of rotatable bonds is 8. The number of allylic oxidation sites excluding steroid dienone is 1. The predicted octanol–water partition coefficient (Wildman–Crippen LogP) is 5.50. The molecule has 3 rings (SSSR count). The molecule has 172 valence electrons. The lowest BCUT2D eigenvalue weighted by molar-refractivity contribution is 0.387. The Bertz CT molecular complexity index is 1250. The van der Waals surface area contributed by atoms with Crippen molar-refractivity contribution in [2.45, 2.75) is 13.3 Å². The number of hydrogen-bond acceptors (Lipinski definition) is 6. The van der Waals surface area contributed by atoms with E-state index in [1.807, 2.05) is 43.3 Å². The molecule has 0 aromatic heterocycles. The highest BCUT2D eigenvalue weighted by atomic mass is 32.3. The third-order valence-electron chi connectivity index (χ3n) is 4.71. The number of aromatic hydroxyl groups is 1. The Morgan fingerprint density at radius 2 is 1.39 bits per heavy atom. The van der Waals surface area contributed by atoms with Gasteiger partial charge in [-0.2, -0.15) is 8.42 Å². The molecule has 0 saturated heterocycles. The van der Waals surface area contributed by atoms with Gasteiger partial charge in [0.05, 0.1) is 5.69 Å². The fraction of sp³-hybridized carbons (Fsp3) is 0.167. The van der Waals surface area contributed by atoms with Crippen LogP contribution in [-0.4, -0.2) is 37.2 Å². The molecule has 0 saturated carbocycles. The predicted molar refractivity (Wildman–Crippen MR) is 128 cm³/mol. The molecule has 0 aliphatic carbocycles. The first-order chi connectivity index (χ1) is 15.7. The van der Waals surface area contributed by atoms with Gasteiger partial charge in [0, 0.05) is 14.1 Å². The molecule has 0 amide bonds. The van der Waals surface area contributed by atoms with E-state index in [2.05, 4.69) is 14.5 Å². The zero-order valence-electron chi connectivity index (χ0n) is 18.5. The maximum atomic E-state index is 11.0. The summed E-state index contributed by atoms with van der Waals surface area (Å²) in [6, 6.07) is 21.0. The first kappa shape index (κ1) is 24.0.